The highest BCUT2D eigenvalue weighted by Gasteiger charge is 2.31. The molecule has 158 valence electrons. The van der Waals surface area contributed by atoms with Gasteiger partial charge in [0.1, 0.15) is 11.5 Å². The lowest BCUT2D eigenvalue weighted by Crippen LogP contribution is -2.26. The minimum absolute atomic E-state index is 0.108. The number of piperidine rings is 1. The number of rotatable bonds is 5. The third kappa shape index (κ3) is 7.25. The molecule has 0 bridgehead atoms. The van der Waals surface area contributed by atoms with Gasteiger partial charge in [-0.2, -0.15) is 0 Å². The lowest BCUT2D eigenvalue weighted by atomic mass is 9.98. The Bertz CT molecular complexity index is 758. The molecule has 1 atom stereocenters. The van der Waals surface area contributed by atoms with Gasteiger partial charge >= 0.3 is 6.36 Å². The highest BCUT2D eigenvalue weighted by Crippen LogP contribution is 2.32. The molecule has 0 unspecified atom stereocenters. The number of hydrogen-bond donors (Lipinski definition) is 2. The monoisotopic (exact) mass is 408 g/mol. The van der Waals surface area contributed by atoms with Crippen LogP contribution >= 0.6 is 0 Å². The largest absolute Gasteiger partial charge is 0.573 e. The van der Waals surface area contributed by atoms with E-state index >= 15 is 0 Å². The highest BCUT2D eigenvalue weighted by molar-refractivity contribution is 5.40. The standard InChI is InChI=1S/C11H12F3NO2.C11H15N/c12-11(13,14)17-9-3-4-10(7(5-9)6-15)16-8-1-2-8;1-2-6-10(7-3-1)11-8-4-5-9-12-11/h3-5,8H,1-2,6,15H2;1-3,6-7,11-12H,4-5,8-9H2/t;11-/m.1/s1. The number of halogens is 3. The number of hydrogen-bond acceptors (Lipinski definition) is 4. The third-order valence-corrected chi connectivity index (χ3v) is 4.82. The van der Waals surface area contributed by atoms with Gasteiger partial charge in [0.2, 0.25) is 0 Å². The quantitative estimate of drug-likeness (QED) is 0.724. The first-order valence-electron chi connectivity index (χ1n) is 9.98. The minimum atomic E-state index is -4.69. The van der Waals surface area contributed by atoms with Crippen LogP contribution in [0.1, 0.15) is 49.3 Å². The van der Waals surface area contributed by atoms with Crippen molar-refractivity contribution in [3.63, 3.8) is 0 Å². The van der Waals surface area contributed by atoms with Gasteiger partial charge in [-0.3, -0.25) is 0 Å². The van der Waals surface area contributed by atoms with Crippen LogP contribution in [0.4, 0.5) is 13.2 Å². The van der Waals surface area contributed by atoms with Crippen LogP contribution in [-0.2, 0) is 6.54 Å². The van der Waals surface area contributed by atoms with Gasteiger partial charge in [-0.15, -0.1) is 13.2 Å². The molecule has 0 aromatic heterocycles. The zero-order valence-corrected chi connectivity index (χ0v) is 16.3. The molecule has 3 N–H and O–H groups in total. The molecule has 0 amide bonds. The van der Waals surface area contributed by atoms with E-state index in [0.29, 0.717) is 17.4 Å². The van der Waals surface area contributed by atoms with Crippen LogP contribution in [-0.4, -0.2) is 19.0 Å². The van der Waals surface area contributed by atoms with Gasteiger partial charge < -0.3 is 20.5 Å². The molecule has 4 rings (SSSR count). The predicted octanol–water partition coefficient (Wildman–Crippen LogP) is 5.09. The zero-order valence-electron chi connectivity index (χ0n) is 16.3. The summed E-state index contributed by atoms with van der Waals surface area (Å²) in [5.41, 5.74) is 7.42. The SMILES string of the molecule is NCc1cc(OC(F)(F)F)ccc1OC1CC1.c1ccc([C@H]2CCCCN2)cc1. The Morgan fingerprint density at radius 3 is 2.34 bits per heavy atom. The Kier molecular flexibility index (Phi) is 7.39. The van der Waals surface area contributed by atoms with Crippen molar-refractivity contribution in [3.8, 4) is 11.5 Å². The average Bonchev–Trinajstić information content (AvgIpc) is 3.54. The van der Waals surface area contributed by atoms with Crippen molar-refractivity contribution >= 4 is 0 Å². The summed E-state index contributed by atoms with van der Waals surface area (Å²) in [6.07, 6.45) is 1.44. The highest BCUT2D eigenvalue weighted by atomic mass is 19.4. The Labute approximate surface area is 169 Å². The van der Waals surface area contributed by atoms with Gasteiger partial charge in [0, 0.05) is 18.2 Å². The van der Waals surface area contributed by atoms with Gasteiger partial charge in [-0.25, -0.2) is 0 Å². The molecule has 7 heteroatoms. The molecule has 0 spiro atoms. The van der Waals surface area contributed by atoms with Crippen molar-refractivity contribution in [2.45, 2.75) is 57.2 Å². The molecule has 0 radical (unpaired) electrons. The van der Waals surface area contributed by atoms with Crippen molar-refractivity contribution in [1.29, 1.82) is 0 Å². The molecule has 2 aliphatic rings. The first-order valence-corrected chi connectivity index (χ1v) is 9.98. The maximum Gasteiger partial charge on any atom is 0.573 e. The Morgan fingerprint density at radius 1 is 1.00 bits per heavy atom. The maximum atomic E-state index is 12.0. The van der Waals surface area contributed by atoms with Crippen LogP contribution in [0.5, 0.6) is 11.5 Å². The second kappa shape index (κ2) is 9.98. The maximum absolute atomic E-state index is 12.0. The van der Waals surface area contributed by atoms with E-state index in [1.165, 1.54) is 49.6 Å². The fourth-order valence-corrected chi connectivity index (χ4v) is 3.21. The van der Waals surface area contributed by atoms with Gasteiger partial charge in [0.15, 0.2) is 0 Å². The van der Waals surface area contributed by atoms with Gasteiger partial charge in [0.05, 0.1) is 6.10 Å². The lowest BCUT2D eigenvalue weighted by molar-refractivity contribution is -0.274. The van der Waals surface area contributed by atoms with Crippen LogP contribution in [0.15, 0.2) is 48.5 Å². The average molecular weight is 408 g/mol. The van der Waals surface area contributed by atoms with Crippen LogP contribution in [0, 0.1) is 0 Å². The van der Waals surface area contributed by atoms with E-state index in [4.69, 9.17) is 10.5 Å². The third-order valence-electron chi connectivity index (χ3n) is 4.82. The number of nitrogens with one attached hydrogen (secondary N) is 1. The molecular formula is C22H27F3N2O2. The second-order valence-electron chi connectivity index (χ2n) is 7.25. The van der Waals surface area contributed by atoms with Crippen LogP contribution in [0.3, 0.4) is 0 Å². The normalized spacial score (nSPS) is 19.1. The van der Waals surface area contributed by atoms with E-state index in [1.807, 2.05) is 0 Å². The molecule has 2 aromatic rings. The summed E-state index contributed by atoms with van der Waals surface area (Å²) in [5.74, 6) is 0.255. The van der Waals surface area contributed by atoms with Gasteiger partial charge in [-0.1, -0.05) is 36.8 Å². The molecule has 2 fully saturated rings. The Hall–Kier alpha value is -2.25. The van der Waals surface area contributed by atoms with E-state index in [-0.39, 0.29) is 18.4 Å². The second-order valence-corrected chi connectivity index (χ2v) is 7.25. The summed E-state index contributed by atoms with van der Waals surface area (Å²) < 4.78 is 45.4. The smallest absolute Gasteiger partial charge is 0.490 e. The number of benzene rings is 2. The van der Waals surface area contributed by atoms with Crippen molar-refractivity contribution in [1.82, 2.24) is 5.32 Å². The first-order chi connectivity index (χ1) is 13.9. The molecule has 4 nitrogen and oxygen atoms in total. The summed E-state index contributed by atoms with van der Waals surface area (Å²) in [4.78, 5) is 0. The summed E-state index contributed by atoms with van der Waals surface area (Å²) in [6.45, 7) is 1.29. The van der Waals surface area contributed by atoms with E-state index in [0.717, 1.165) is 12.8 Å². The van der Waals surface area contributed by atoms with Gasteiger partial charge in [0.25, 0.3) is 0 Å². The number of ether oxygens (including phenoxy) is 2. The lowest BCUT2D eigenvalue weighted by Gasteiger charge is -2.23. The summed E-state index contributed by atoms with van der Waals surface area (Å²) in [7, 11) is 0. The number of alkyl halides is 3. The summed E-state index contributed by atoms with van der Waals surface area (Å²) in [6, 6.07) is 15.3. The van der Waals surface area contributed by atoms with Crippen LogP contribution in [0.25, 0.3) is 0 Å². The molecule has 1 saturated carbocycles. The summed E-state index contributed by atoms with van der Waals surface area (Å²) >= 11 is 0. The molecular weight excluding hydrogens is 381 g/mol. The molecule has 1 aliphatic carbocycles. The van der Waals surface area contributed by atoms with Crippen molar-refractivity contribution in [2.24, 2.45) is 5.73 Å². The van der Waals surface area contributed by atoms with Crippen LogP contribution in [0.2, 0.25) is 0 Å². The van der Waals surface area contributed by atoms with Gasteiger partial charge in [-0.05, 0) is 56.0 Å². The van der Waals surface area contributed by atoms with E-state index in [1.54, 1.807) is 0 Å². The summed E-state index contributed by atoms with van der Waals surface area (Å²) in [5, 5.41) is 3.54. The number of nitrogens with two attached hydrogens (primary N) is 1. The zero-order chi connectivity index (χ0) is 20.7. The molecule has 29 heavy (non-hydrogen) atoms. The van der Waals surface area contributed by atoms with Crippen molar-refractivity contribution in [2.75, 3.05) is 6.54 Å². The van der Waals surface area contributed by atoms with Crippen LogP contribution < -0.4 is 20.5 Å². The van der Waals surface area contributed by atoms with E-state index in [9.17, 15) is 13.2 Å². The topological polar surface area (TPSA) is 56.5 Å². The Balaban J connectivity index is 0.000000176. The fourth-order valence-electron chi connectivity index (χ4n) is 3.21. The molecule has 2 aromatic carbocycles. The first kappa shape index (κ1) is 21.5. The molecule has 1 saturated heterocycles. The van der Waals surface area contributed by atoms with E-state index < -0.39 is 6.36 Å². The predicted molar refractivity (Wildman–Crippen MR) is 106 cm³/mol. The van der Waals surface area contributed by atoms with E-state index in [2.05, 4.69) is 40.4 Å². The Morgan fingerprint density at radius 2 is 1.76 bits per heavy atom. The van der Waals surface area contributed by atoms with Crippen molar-refractivity contribution in [3.05, 3.63) is 59.7 Å². The van der Waals surface area contributed by atoms with Crippen molar-refractivity contribution < 1.29 is 22.6 Å². The molecule has 1 aliphatic heterocycles. The minimum Gasteiger partial charge on any atom is -0.490 e. The molecule has 1 heterocycles. The fraction of sp³-hybridized carbons (Fsp3) is 0.455.